The highest BCUT2D eigenvalue weighted by Gasteiger charge is 2.26. The Morgan fingerprint density at radius 2 is 2.24 bits per heavy atom. The van der Waals surface area contributed by atoms with E-state index >= 15 is 0 Å². The molecule has 0 aromatic heterocycles. The van der Waals surface area contributed by atoms with Gasteiger partial charge in [-0.05, 0) is 24.8 Å². The second-order valence-corrected chi connectivity index (χ2v) is 4.79. The first-order valence-corrected chi connectivity index (χ1v) is 6.49. The van der Waals surface area contributed by atoms with E-state index in [9.17, 15) is 23.7 Å². The van der Waals surface area contributed by atoms with Crippen molar-refractivity contribution in [2.24, 2.45) is 5.92 Å². The van der Waals surface area contributed by atoms with Crippen LogP contribution in [0.15, 0.2) is 12.1 Å². The maximum atomic E-state index is 13.8. The molecule has 2 rings (SSSR count). The summed E-state index contributed by atoms with van der Waals surface area (Å²) in [6.07, 6.45) is 1.51. The van der Waals surface area contributed by atoms with Crippen molar-refractivity contribution in [3.63, 3.8) is 0 Å². The lowest BCUT2D eigenvalue weighted by atomic mass is 10.1. The van der Waals surface area contributed by atoms with Crippen molar-refractivity contribution in [3.8, 4) is 0 Å². The first-order chi connectivity index (χ1) is 10.0. The van der Waals surface area contributed by atoms with Crippen LogP contribution in [0.1, 0.15) is 23.2 Å². The number of halogens is 2. The zero-order chi connectivity index (χ0) is 15.4. The Morgan fingerprint density at radius 1 is 1.48 bits per heavy atom. The predicted molar refractivity (Wildman–Crippen MR) is 68.9 cm³/mol. The summed E-state index contributed by atoms with van der Waals surface area (Å²) in [5, 5.41) is 13.0. The van der Waals surface area contributed by atoms with Crippen LogP contribution in [0.4, 0.5) is 14.5 Å². The average Bonchev–Trinajstić information content (AvgIpc) is 2.91. The molecule has 1 aromatic carbocycles. The molecule has 8 heteroatoms. The standard InChI is InChI=1S/C13H14F2N2O4/c14-9-1-2-10(17(19)20)12(15)11(9)13(18)16-5-3-8-4-6-21-7-8/h1-2,8H,3-7H2,(H,16,18). The summed E-state index contributed by atoms with van der Waals surface area (Å²) in [6.45, 7) is 1.51. The number of hydrogen-bond acceptors (Lipinski definition) is 4. The van der Waals surface area contributed by atoms with E-state index < -0.39 is 33.7 Å². The van der Waals surface area contributed by atoms with Crippen LogP contribution < -0.4 is 5.32 Å². The second kappa shape index (κ2) is 6.57. The molecule has 1 saturated heterocycles. The van der Waals surface area contributed by atoms with Gasteiger partial charge in [0.05, 0.1) is 4.92 Å². The number of carbonyl (C=O) groups is 1. The molecule has 0 bridgehead atoms. The van der Waals surface area contributed by atoms with Gasteiger partial charge in [0.1, 0.15) is 11.4 Å². The number of nitro groups is 1. The Morgan fingerprint density at radius 3 is 2.86 bits per heavy atom. The molecule has 0 aliphatic carbocycles. The quantitative estimate of drug-likeness (QED) is 0.666. The van der Waals surface area contributed by atoms with Gasteiger partial charge in [0.25, 0.3) is 5.91 Å². The highest BCUT2D eigenvalue weighted by Crippen LogP contribution is 2.23. The normalized spacial score (nSPS) is 17.7. The summed E-state index contributed by atoms with van der Waals surface area (Å²) in [5.74, 6) is -3.26. The molecule has 114 valence electrons. The number of amides is 1. The van der Waals surface area contributed by atoms with Gasteiger partial charge >= 0.3 is 5.69 Å². The highest BCUT2D eigenvalue weighted by molar-refractivity contribution is 5.95. The number of nitrogens with one attached hydrogen (secondary N) is 1. The number of hydrogen-bond donors (Lipinski definition) is 1. The van der Waals surface area contributed by atoms with E-state index in [2.05, 4.69) is 5.32 Å². The summed E-state index contributed by atoms with van der Waals surface area (Å²) in [4.78, 5) is 21.4. The van der Waals surface area contributed by atoms with Crippen LogP contribution in [-0.4, -0.2) is 30.6 Å². The SMILES string of the molecule is O=C(NCCC1CCOC1)c1c(F)ccc([N+](=O)[O-])c1F. The van der Waals surface area contributed by atoms with Gasteiger partial charge < -0.3 is 10.1 Å². The fourth-order valence-electron chi connectivity index (χ4n) is 2.18. The molecular weight excluding hydrogens is 286 g/mol. The van der Waals surface area contributed by atoms with Crippen LogP contribution in [-0.2, 0) is 4.74 Å². The number of nitro benzene ring substituents is 1. The smallest absolute Gasteiger partial charge is 0.305 e. The third kappa shape index (κ3) is 3.52. The molecule has 6 nitrogen and oxygen atoms in total. The van der Waals surface area contributed by atoms with Gasteiger partial charge in [0, 0.05) is 25.8 Å². The lowest BCUT2D eigenvalue weighted by Crippen LogP contribution is -2.28. The maximum Gasteiger partial charge on any atom is 0.305 e. The van der Waals surface area contributed by atoms with E-state index in [0.717, 1.165) is 6.42 Å². The van der Waals surface area contributed by atoms with Crippen LogP contribution >= 0.6 is 0 Å². The molecule has 1 amide bonds. The zero-order valence-electron chi connectivity index (χ0n) is 11.1. The van der Waals surface area contributed by atoms with Crippen molar-refractivity contribution in [1.82, 2.24) is 5.32 Å². The van der Waals surface area contributed by atoms with Crippen molar-refractivity contribution in [2.45, 2.75) is 12.8 Å². The van der Waals surface area contributed by atoms with Crippen LogP contribution in [0.3, 0.4) is 0 Å². The van der Waals surface area contributed by atoms with Crippen LogP contribution in [0.25, 0.3) is 0 Å². The van der Waals surface area contributed by atoms with Gasteiger partial charge in [-0.15, -0.1) is 0 Å². The van der Waals surface area contributed by atoms with Gasteiger partial charge in [-0.1, -0.05) is 0 Å². The number of rotatable bonds is 5. The third-order valence-corrected chi connectivity index (χ3v) is 3.36. The number of ether oxygens (including phenoxy) is 1. The van der Waals surface area contributed by atoms with Gasteiger partial charge in [-0.2, -0.15) is 4.39 Å². The van der Waals surface area contributed by atoms with E-state index in [1.165, 1.54) is 0 Å². The third-order valence-electron chi connectivity index (χ3n) is 3.36. The minimum atomic E-state index is -1.46. The topological polar surface area (TPSA) is 81.5 Å². The molecule has 0 spiro atoms. The molecule has 1 fully saturated rings. The monoisotopic (exact) mass is 300 g/mol. The fourth-order valence-corrected chi connectivity index (χ4v) is 2.18. The fraction of sp³-hybridized carbons (Fsp3) is 0.462. The van der Waals surface area contributed by atoms with E-state index in [1.807, 2.05) is 0 Å². The van der Waals surface area contributed by atoms with Crippen molar-refractivity contribution >= 4 is 11.6 Å². The Balaban J connectivity index is 2.04. The molecule has 1 aliphatic heterocycles. The average molecular weight is 300 g/mol. The second-order valence-electron chi connectivity index (χ2n) is 4.79. The minimum Gasteiger partial charge on any atom is -0.381 e. The van der Waals surface area contributed by atoms with E-state index in [-0.39, 0.29) is 6.54 Å². The van der Waals surface area contributed by atoms with Crippen LogP contribution in [0, 0.1) is 27.7 Å². The van der Waals surface area contributed by atoms with Crippen molar-refractivity contribution < 1.29 is 23.2 Å². The van der Waals surface area contributed by atoms with Crippen molar-refractivity contribution in [1.29, 1.82) is 0 Å². The number of carbonyl (C=O) groups excluding carboxylic acids is 1. The first kappa shape index (κ1) is 15.3. The molecule has 1 atom stereocenters. The lowest BCUT2D eigenvalue weighted by Gasteiger charge is -2.10. The molecule has 21 heavy (non-hydrogen) atoms. The summed E-state index contributed by atoms with van der Waals surface area (Å²) >= 11 is 0. The summed E-state index contributed by atoms with van der Waals surface area (Å²) in [7, 11) is 0. The van der Waals surface area contributed by atoms with Crippen molar-refractivity contribution in [2.75, 3.05) is 19.8 Å². The largest absolute Gasteiger partial charge is 0.381 e. The molecule has 1 N–H and O–H groups in total. The zero-order valence-corrected chi connectivity index (χ0v) is 11.1. The number of nitrogens with zero attached hydrogens (tertiary/aromatic N) is 1. The van der Waals surface area contributed by atoms with Gasteiger partial charge in [0.2, 0.25) is 5.82 Å². The predicted octanol–water partition coefficient (Wildman–Crippen LogP) is 2.03. The molecular formula is C13H14F2N2O4. The molecule has 0 radical (unpaired) electrons. The van der Waals surface area contributed by atoms with Crippen LogP contribution in [0.5, 0.6) is 0 Å². The minimum absolute atomic E-state index is 0.231. The summed E-state index contributed by atoms with van der Waals surface area (Å²) < 4.78 is 32.5. The van der Waals surface area contributed by atoms with Crippen LogP contribution in [0.2, 0.25) is 0 Å². The summed E-state index contributed by atoms with van der Waals surface area (Å²) in [6, 6.07) is 1.40. The molecule has 1 heterocycles. The molecule has 1 aliphatic rings. The highest BCUT2D eigenvalue weighted by atomic mass is 19.1. The van der Waals surface area contributed by atoms with E-state index in [0.29, 0.717) is 37.7 Å². The van der Waals surface area contributed by atoms with E-state index in [4.69, 9.17) is 4.74 Å². The van der Waals surface area contributed by atoms with Crippen molar-refractivity contribution in [3.05, 3.63) is 39.4 Å². The molecule has 0 saturated carbocycles. The van der Waals surface area contributed by atoms with Gasteiger partial charge in [-0.25, -0.2) is 4.39 Å². The molecule has 1 aromatic rings. The molecule has 1 unspecified atom stereocenters. The van der Waals surface area contributed by atoms with E-state index in [1.54, 1.807) is 0 Å². The Hall–Kier alpha value is -2.09. The summed E-state index contributed by atoms with van der Waals surface area (Å²) in [5.41, 5.74) is -1.85. The van der Waals surface area contributed by atoms with Gasteiger partial charge in [0.15, 0.2) is 0 Å². The Kier molecular flexibility index (Phi) is 4.79. The lowest BCUT2D eigenvalue weighted by molar-refractivity contribution is -0.387. The van der Waals surface area contributed by atoms with Gasteiger partial charge in [-0.3, -0.25) is 14.9 Å². The Bertz CT molecular complexity index is 559. The Labute approximate surface area is 119 Å². The maximum absolute atomic E-state index is 13.8. The first-order valence-electron chi connectivity index (χ1n) is 6.49. The number of benzene rings is 1.